The fourth-order valence-corrected chi connectivity index (χ4v) is 6.70. The smallest absolute Gasteiger partial charge is 0.235 e. The molecule has 0 spiro atoms. The third-order valence-corrected chi connectivity index (χ3v) is 8.85. The molecule has 1 fully saturated rings. The first-order chi connectivity index (χ1) is 24.6. The van der Waals surface area contributed by atoms with E-state index in [4.69, 9.17) is 18.9 Å². The van der Waals surface area contributed by atoms with Crippen molar-refractivity contribution < 1.29 is 38.4 Å². The second-order valence-electron chi connectivity index (χ2n) is 12.7. The largest absolute Gasteiger partial charge is 0.492 e. The van der Waals surface area contributed by atoms with Crippen LogP contribution in [0.1, 0.15) is 56.7 Å². The Bertz CT molecular complexity index is 1860. The lowest BCUT2D eigenvalue weighted by Gasteiger charge is -2.44. The molecule has 10 nitrogen and oxygen atoms in total. The van der Waals surface area contributed by atoms with Gasteiger partial charge in [-0.2, -0.15) is 0 Å². The minimum atomic E-state index is -1.82. The van der Waals surface area contributed by atoms with Gasteiger partial charge in [0.2, 0.25) is 11.8 Å². The van der Waals surface area contributed by atoms with E-state index in [1.807, 2.05) is 52.0 Å². The molecular formula is C41H46N2O8. The molecule has 0 aliphatic heterocycles. The standard InChI is InChI=1S/C41H46N2O8/c1-6-48-32-18-11-9-16-29(32)42-39(45)37-31(44)24-41(5,47)38(40(46)43-30-17-10-12-19-33(30)49-7-2)36(37)28-20-21-34(35(23-28)50-8-3)51-25-27-15-13-14-26(4)22-27/h9-23,36-38,47H,6-8,24-25H2,1-5H3,(H,42,45)(H,43,46). The van der Waals surface area contributed by atoms with Gasteiger partial charge in [-0.25, -0.2) is 0 Å². The van der Waals surface area contributed by atoms with Gasteiger partial charge in [0.1, 0.15) is 29.8 Å². The minimum absolute atomic E-state index is 0.284. The molecule has 1 aliphatic rings. The van der Waals surface area contributed by atoms with E-state index in [2.05, 4.69) is 10.6 Å². The van der Waals surface area contributed by atoms with Gasteiger partial charge < -0.3 is 34.7 Å². The van der Waals surface area contributed by atoms with E-state index in [1.54, 1.807) is 66.7 Å². The van der Waals surface area contributed by atoms with Gasteiger partial charge in [0.25, 0.3) is 0 Å². The number of hydrogen-bond donors (Lipinski definition) is 3. The zero-order chi connectivity index (χ0) is 36.5. The normalized spacial score (nSPS) is 19.9. The lowest BCUT2D eigenvalue weighted by atomic mass is 9.61. The quantitative estimate of drug-likeness (QED) is 0.119. The highest BCUT2D eigenvalue weighted by Crippen LogP contribution is 2.48. The molecule has 0 heterocycles. The fourth-order valence-electron chi connectivity index (χ4n) is 6.70. The molecule has 51 heavy (non-hydrogen) atoms. The van der Waals surface area contributed by atoms with Crippen molar-refractivity contribution in [1.82, 2.24) is 0 Å². The van der Waals surface area contributed by atoms with Gasteiger partial charge in [-0.15, -0.1) is 0 Å². The molecule has 10 heteroatoms. The maximum absolute atomic E-state index is 14.4. The number of Topliss-reactive ketones (excluding diaryl/α,β-unsaturated/α-hetero) is 1. The molecule has 268 valence electrons. The third-order valence-electron chi connectivity index (χ3n) is 8.85. The van der Waals surface area contributed by atoms with Crippen molar-refractivity contribution in [3.05, 3.63) is 108 Å². The van der Waals surface area contributed by atoms with Crippen molar-refractivity contribution >= 4 is 29.0 Å². The first-order valence-corrected chi connectivity index (χ1v) is 17.3. The van der Waals surface area contributed by atoms with Crippen LogP contribution in [0.15, 0.2) is 91.0 Å². The highest BCUT2D eigenvalue weighted by molar-refractivity contribution is 6.11. The van der Waals surface area contributed by atoms with Gasteiger partial charge >= 0.3 is 0 Å². The third kappa shape index (κ3) is 8.69. The molecule has 0 aromatic heterocycles. The topological polar surface area (TPSA) is 132 Å². The Morgan fingerprint density at radius 1 is 0.725 bits per heavy atom. The molecule has 4 unspecified atom stereocenters. The van der Waals surface area contributed by atoms with E-state index in [1.165, 1.54) is 6.92 Å². The van der Waals surface area contributed by atoms with Crippen LogP contribution in [0, 0.1) is 18.8 Å². The predicted molar refractivity (Wildman–Crippen MR) is 196 cm³/mol. The Morgan fingerprint density at radius 3 is 1.92 bits per heavy atom. The summed E-state index contributed by atoms with van der Waals surface area (Å²) in [5.41, 5.74) is 1.49. The van der Waals surface area contributed by atoms with Gasteiger partial charge in [0, 0.05) is 12.3 Å². The molecule has 1 saturated carbocycles. The number of aryl methyl sites for hydroxylation is 1. The van der Waals surface area contributed by atoms with E-state index < -0.39 is 47.4 Å². The van der Waals surface area contributed by atoms with Gasteiger partial charge in [-0.05, 0) is 82.1 Å². The van der Waals surface area contributed by atoms with E-state index in [9.17, 15) is 19.5 Å². The molecule has 4 atom stereocenters. The zero-order valence-corrected chi connectivity index (χ0v) is 29.7. The number of carbonyl (C=O) groups is 3. The Hall–Kier alpha value is -5.35. The van der Waals surface area contributed by atoms with Crippen molar-refractivity contribution in [2.24, 2.45) is 11.8 Å². The first-order valence-electron chi connectivity index (χ1n) is 17.3. The van der Waals surface area contributed by atoms with E-state index in [0.29, 0.717) is 59.8 Å². The average molecular weight is 695 g/mol. The van der Waals surface area contributed by atoms with Crippen LogP contribution in [0.3, 0.4) is 0 Å². The van der Waals surface area contributed by atoms with Crippen molar-refractivity contribution in [2.75, 3.05) is 30.5 Å². The lowest BCUT2D eigenvalue weighted by molar-refractivity contribution is -0.150. The molecule has 1 aliphatic carbocycles. The summed E-state index contributed by atoms with van der Waals surface area (Å²) < 4.78 is 23.7. The van der Waals surface area contributed by atoms with E-state index in [0.717, 1.165) is 11.1 Å². The first kappa shape index (κ1) is 36.9. The summed E-state index contributed by atoms with van der Waals surface area (Å²) in [7, 11) is 0. The summed E-state index contributed by atoms with van der Waals surface area (Å²) in [6.45, 7) is 10.3. The zero-order valence-electron chi connectivity index (χ0n) is 29.7. The van der Waals surface area contributed by atoms with Crippen LogP contribution in [0.2, 0.25) is 0 Å². The number of ether oxygens (including phenoxy) is 4. The molecule has 4 aromatic rings. The van der Waals surface area contributed by atoms with Crippen LogP contribution in [-0.4, -0.2) is 48.1 Å². The molecule has 0 saturated heterocycles. The average Bonchev–Trinajstić information content (AvgIpc) is 3.09. The number of hydrogen-bond acceptors (Lipinski definition) is 8. The summed E-state index contributed by atoms with van der Waals surface area (Å²) in [5, 5.41) is 17.7. The summed E-state index contributed by atoms with van der Waals surface area (Å²) in [5.74, 6) is -3.70. The Morgan fingerprint density at radius 2 is 1.31 bits per heavy atom. The number of rotatable bonds is 14. The Balaban J connectivity index is 1.59. The Kier molecular flexibility index (Phi) is 12.0. The van der Waals surface area contributed by atoms with Crippen LogP contribution in [-0.2, 0) is 21.0 Å². The van der Waals surface area contributed by atoms with Crippen LogP contribution in [0.4, 0.5) is 11.4 Å². The lowest BCUT2D eigenvalue weighted by Crippen LogP contribution is -2.56. The van der Waals surface area contributed by atoms with Crippen LogP contribution < -0.4 is 29.6 Å². The number of ketones is 1. The number of carbonyl (C=O) groups excluding carboxylic acids is 3. The van der Waals surface area contributed by atoms with Gasteiger partial charge in [-0.3, -0.25) is 14.4 Å². The molecule has 2 amide bonds. The van der Waals surface area contributed by atoms with Crippen molar-refractivity contribution in [1.29, 1.82) is 0 Å². The second kappa shape index (κ2) is 16.6. The van der Waals surface area contributed by atoms with Crippen molar-refractivity contribution in [3.8, 4) is 23.0 Å². The number of anilines is 2. The van der Waals surface area contributed by atoms with Crippen LogP contribution >= 0.6 is 0 Å². The molecule has 4 aromatic carbocycles. The number of para-hydroxylation sites is 4. The highest BCUT2D eigenvalue weighted by atomic mass is 16.5. The molecule has 0 radical (unpaired) electrons. The van der Waals surface area contributed by atoms with Gasteiger partial charge in [-0.1, -0.05) is 60.2 Å². The van der Waals surface area contributed by atoms with Crippen LogP contribution in [0.25, 0.3) is 0 Å². The number of nitrogens with one attached hydrogen (secondary N) is 2. The van der Waals surface area contributed by atoms with E-state index in [-0.39, 0.29) is 6.61 Å². The summed E-state index contributed by atoms with van der Waals surface area (Å²) in [6, 6.07) is 27.0. The summed E-state index contributed by atoms with van der Waals surface area (Å²) in [6.07, 6.45) is -0.421. The van der Waals surface area contributed by atoms with Crippen molar-refractivity contribution in [3.63, 3.8) is 0 Å². The second-order valence-corrected chi connectivity index (χ2v) is 12.7. The van der Waals surface area contributed by atoms with Gasteiger partial charge in [0.15, 0.2) is 11.5 Å². The monoisotopic (exact) mass is 694 g/mol. The SMILES string of the molecule is CCOc1ccccc1NC(=O)C1C(=O)CC(C)(O)C(C(=O)Nc2ccccc2OCC)C1c1ccc(OCc2cccc(C)c2)c(OCC)c1. The predicted octanol–water partition coefficient (Wildman–Crippen LogP) is 7.09. The van der Waals surface area contributed by atoms with E-state index >= 15 is 0 Å². The number of aliphatic hydroxyl groups is 1. The summed E-state index contributed by atoms with van der Waals surface area (Å²) >= 11 is 0. The molecule has 0 bridgehead atoms. The van der Waals surface area contributed by atoms with Crippen molar-refractivity contribution in [2.45, 2.75) is 59.2 Å². The molecular weight excluding hydrogens is 648 g/mol. The Labute approximate surface area is 299 Å². The highest BCUT2D eigenvalue weighted by Gasteiger charge is 2.56. The molecule has 3 N–H and O–H groups in total. The summed E-state index contributed by atoms with van der Waals surface area (Å²) in [4.78, 5) is 42.7. The number of benzene rings is 4. The maximum Gasteiger partial charge on any atom is 0.235 e. The molecule has 5 rings (SSSR count). The minimum Gasteiger partial charge on any atom is -0.492 e. The van der Waals surface area contributed by atoms with Crippen LogP contribution in [0.5, 0.6) is 23.0 Å². The maximum atomic E-state index is 14.4. The number of amides is 2. The van der Waals surface area contributed by atoms with Gasteiger partial charge in [0.05, 0.1) is 42.7 Å². The fraction of sp³-hybridized carbons (Fsp3) is 0.341.